The monoisotopic (exact) mass is 402 g/mol. The minimum absolute atomic E-state index is 0.251. The standard InChI is InChI=1S/C21H30F4OSi/c1-2-11-27-12-9-17(10-13-27)15-3-5-16(6-4-15)18-7-8-20(19(22)14-18)26-21(23,24)25/h7-8,14-17,27H,2-6,9-13H2,1H3/t15?,16?,17-,27-. The molecule has 1 aromatic rings. The van der Waals surface area contributed by atoms with E-state index < -0.39 is 26.7 Å². The Morgan fingerprint density at radius 1 is 1.00 bits per heavy atom. The maximum atomic E-state index is 14.0. The van der Waals surface area contributed by atoms with Gasteiger partial charge in [-0.05, 0) is 61.1 Å². The van der Waals surface area contributed by atoms with Gasteiger partial charge in [0.2, 0.25) is 0 Å². The second kappa shape index (κ2) is 8.97. The highest BCUT2D eigenvalue weighted by molar-refractivity contribution is 6.58. The fourth-order valence-corrected chi connectivity index (χ4v) is 8.74. The normalized spacial score (nSPS) is 29.5. The number of halogens is 4. The molecule has 0 atom stereocenters. The SMILES string of the molecule is CCC[Si@H]1CC[C@H](C2CCC(c3ccc(OC(F)(F)F)c(F)c3)CC2)CC1. The van der Waals surface area contributed by atoms with Crippen molar-refractivity contribution in [2.75, 3.05) is 0 Å². The summed E-state index contributed by atoms with van der Waals surface area (Å²) in [5.74, 6) is 0.238. The molecule has 1 saturated carbocycles. The number of ether oxygens (including phenoxy) is 1. The number of hydrogen-bond donors (Lipinski definition) is 0. The molecule has 1 aliphatic heterocycles. The van der Waals surface area contributed by atoms with Gasteiger partial charge in [0.05, 0.1) is 0 Å². The molecule has 0 unspecified atom stereocenters. The third-order valence-electron chi connectivity index (χ3n) is 6.68. The van der Waals surface area contributed by atoms with Crippen molar-refractivity contribution < 1.29 is 22.3 Å². The fourth-order valence-electron chi connectivity index (χ4n) is 5.26. The molecule has 3 rings (SSSR count). The van der Waals surface area contributed by atoms with Crippen LogP contribution in [0.15, 0.2) is 18.2 Å². The lowest BCUT2D eigenvalue weighted by molar-refractivity contribution is -0.275. The summed E-state index contributed by atoms with van der Waals surface area (Å²) in [6.45, 7) is 2.30. The van der Waals surface area contributed by atoms with Gasteiger partial charge in [0.1, 0.15) is 0 Å². The Hall–Kier alpha value is -1.04. The van der Waals surface area contributed by atoms with Crippen molar-refractivity contribution in [3.8, 4) is 5.75 Å². The van der Waals surface area contributed by atoms with Crippen LogP contribution < -0.4 is 4.74 Å². The van der Waals surface area contributed by atoms with E-state index in [0.717, 1.165) is 49.1 Å². The maximum Gasteiger partial charge on any atom is 0.573 e. The van der Waals surface area contributed by atoms with Crippen molar-refractivity contribution in [1.29, 1.82) is 0 Å². The van der Waals surface area contributed by atoms with Gasteiger partial charge in [-0.3, -0.25) is 0 Å². The van der Waals surface area contributed by atoms with Crippen molar-refractivity contribution in [3.05, 3.63) is 29.6 Å². The van der Waals surface area contributed by atoms with Gasteiger partial charge >= 0.3 is 6.36 Å². The lowest BCUT2D eigenvalue weighted by Crippen LogP contribution is -2.28. The quantitative estimate of drug-likeness (QED) is 0.379. The van der Waals surface area contributed by atoms with E-state index >= 15 is 0 Å². The van der Waals surface area contributed by atoms with E-state index in [2.05, 4.69) is 11.7 Å². The van der Waals surface area contributed by atoms with Crippen LogP contribution in [0.3, 0.4) is 0 Å². The van der Waals surface area contributed by atoms with E-state index in [4.69, 9.17) is 0 Å². The topological polar surface area (TPSA) is 9.23 Å². The van der Waals surface area contributed by atoms with Crippen LogP contribution in [0, 0.1) is 17.7 Å². The van der Waals surface area contributed by atoms with Gasteiger partial charge < -0.3 is 4.74 Å². The highest BCUT2D eigenvalue weighted by atomic mass is 28.3. The average molecular weight is 403 g/mol. The predicted molar refractivity (Wildman–Crippen MR) is 102 cm³/mol. The van der Waals surface area contributed by atoms with Crippen molar-refractivity contribution in [1.82, 2.24) is 0 Å². The zero-order valence-electron chi connectivity index (χ0n) is 16.0. The zero-order chi connectivity index (χ0) is 19.4. The molecule has 1 saturated heterocycles. The molecule has 2 aliphatic rings. The molecule has 27 heavy (non-hydrogen) atoms. The maximum absolute atomic E-state index is 14.0. The highest BCUT2D eigenvalue weighted by Crippen LogP contribution is 2.44. The Balaban J connectivity index is 1.51. The van der Waals surface area contributed by atoms with E-state index in [1.165, 1.54) is 43.5 Å². The summed E-state index contributed by atoms with van der Waals surface area (Å²) in [7, 11) is -0.440. The van der Waals surface area contributed by atoms with E-state index in [0.29, 0.717) is 0 Å². The molecule has 0 amide bonds. The second-order valence-corrected chi connectivity index (χ2v) is 11.9. The lowest BCUT2D eigenvalue weighted by atomic mass is 9.72. The summed E-state index contributed by atoms with van der Waals surface area (Å²) in [6, 6.07) is 8.45. The van der Waals surface area contributed by atoms with Crippen LogP contribution in [0.4, 0.5) is 17.6 Å². The first-order valence-corrected chi connectivity index (χ1v) is 12.9. The fraction of sp³-hybridized carbons (Fsp3) is 0.714. The summed E-state index contributed by atoms with van der Waals surface area (Å²) in [4.78, 5) is 0. The van der Waals surface area contributed by atoms with E-state index in [1.54, 1.807) is 6.07 Å². The molecule has 1 nitrogen and oxygen atoms in total. The Kier molecular flexibility index (Phi) is 6.87. The van der Waals surface area contributed by atoms with Gasteiger partial charge in [0, 0.05) is 8.80 Å². The summed E-state index contributed by atoms with van der Waals surface area (Å²) in [5.41, 5.74) is 0.805. The molecule has 1 heterocycles. The third-order valence-corrected chi connectivity index (χ3v) is 10.4. The van der Waals surface area contributed by atoms with Crippen LogP contribution in [-0.4, -0.2) is 15.2 Å². The first kappa shape index (κ1) is 20.7. The van der Waals surface area contributed by atoms with Gasteiger partial charge in [-0.1, -0.05) is 50.4 Å². The third kappa shape index (κ3) is 5.72. The van der Waals surface area contributed by atoms with Crippen LogP contribution in [0.1, 0.15) is 63.4 Å². The van der Waals surface area contributed by atoms with Crippen molar-refractivity contribution in [2.45, 2.75) is 82.3 Å². The second-order valence-electron chi connectivity index (χ2n) is 8.42. The average Bonchev–Trinajstić information content (AvgIpc) is 2.63. The number of hydrogen-bond acceptors (Lipinski definition) is 1. The number of rotatable bonds is 5. The minimum Gasteiger partial charge on any atom is -0.403 e. The predicted octanol–water partition coefficient (Wildman–Crippen LogP) is 7.05. The minimum atomic E-state index is -4.86. The Bertz CT molecular complexity index is 603. The van der Waals surface area contributed by atoms with Gasteiger partial charge in [-0.25, -0.2) is 4.39 Å². The molecule has 0 bridgehead atoms. The molecule has 0 radical (unpaired) electrons. The van der Waals surface area contributed by atoms with Crippen LogP contribution in [0.25, 0.3) is 0 Å². The molecule has 0 spiro atoms. The lowest BCUT2D eigenvalue weighted by Gasteiger charge is -2.37. The van der Waals surface area contributed by atoms with E-state index in [-0.39, 0.29) is 5.92 Å². The summed E-state index contributed by atoms with van der Waals surface area (Å²) < 4.78 is 54.5. The molecule has 0 aromatic heterocycles. The van der Waals surface area contributed by atoms with Crippen LogP contribution in [0.5, 0.6) is 5.75 Å². The largest absolute Gasteiger partial charge is 0.573 e. The van der Waals surface area contributed by atoms with E-state index in [1.807, 2.05) is 0 Å². The summed E-state index contributed by atoms with van der Waals surface area (Å²) in [5, 5.41) is 0. The van der Waals surface area contributed by atoms with Gasteiger partial charge in [0.25, 0.3) is 0 Å². The van der Waals surface area contributed by atoms with Crippen LogP contribution >= 0.6 is 0 Å². The van der Waals surface area contributed by atoms with Crippen molar-refractivity contribution in [3.63, 3.8) is 0 Å². The number of alkyl halides is 3. The molecule has 152 valence electrons. The van der Waals surface area contributed by atoms with Crippen molar-refractivity contribution in [2.24, 2.45) is 11.8 Å². The van der Waals surface area contributed by atoms with Gasteiger partial charge in [-0.15, -0.1) is 13.2 Å². The first-order valence-electron chi connectivity index (χ1n) is 10.4. The van der Waals surface area contributed by atoms with Crippen LogP contribution in [0.2, 0.25) is 18.1 Å². The molecule has 1 aliphatic carbocycles. The van der Waals surface area contributed by atoms with E-state index in [9.17, 15) is 17.6 Å². The molecule has 6 heteroatoms. The summed E-state index contributed by atoms with van der Waals surface area (Å²) >= 11 is 0. The zero-order valence-corrected chi connectivity index (χ0v) is 17.2. The Labute approximate surface area is 161 Å². The first-order chi connectivity index (χ1) is 12.9. The molecule has 0 N–H and O–H groups in total. The molecule has 2 fully saturated rings. The molecular formula is C21H30F4OSi. The van der Waals surface area contributed by atoms with Crippen molar-refractivity contribution >= 4 is 8.80 Å². The van der Waals surface area contributed by atoms with Gasteiger partial charge in [-0.2, -0.15) is 0 Å². The number of benzene rings is 1. The summed E-state index contributed by atoms with van der Waals surface area (Å²) in [6.07, 6.45) is 3.64. The molecule has 1 aromatic carbocycles. The highest BCUT2D eigenvalue weighted by Gasteiger charge is 2.34. The van der Waals surface area contributed by atoms with Crippen LogP contribution in [-0.2, 0) is 0 Å². The molecular weight excluding hydrogens is 372 g/mol. The Morgan fingerprint density at radius 2 is 1.63 bits per heavy atom. The van der Waals surface area contributed by atoms with Gasteiger partial charge in [0.15, 0.2) is 11.6 Å². The Morgan fingerprint density at radius 3 is 2.19 bits per heavy atom. The smallest absolute Gasteiger partial charge is 0.403 e.